The van der Waals surface area contributed by atoms with Gasteiger partial charge in [-0.05, 0) is 31.9 Å². The first kappa shape index (κ1) is 16.1. The summed E-state index contributed by atoms with van der Waals surface area (Å²) in [5.74, 6) is 1.41. The van der Waals surface area contributed by atoms with E-state index in [4.69, 9.17) is 9.26 Å². The van der Waals surface area contributed by atoms with Crippen LogP contribution in [0, 0.1) is 6.92 Å². The maximum atomic E-state index is 5.39. The molecule has 1 aliphatic rings. The molecule has 0 amide bonds. The van der Waals surface area contributed by atoms with Crippen molar-refractivity contribution in [1.29, 1.82) is 0 Å². The van der Waals surface area contributed by atoms with Gasteiger partial charge in [0.2, 0.25) is 5.89 Å². The van der Waals surface area contributed by atoms with Crippen molar-refractivity contribution < 1.29 is 9.26 Å². The monoisotopic (exact) mass is 319 g/mol. The number of aryl methyl sites for hydroxylation is 1. The fourth-order valence-corrected chi connectivity index (χ4v) is 3.08. The highest BCUT2D eigenvalue weighted by molar-refractivity contribution is 5.00. The summed E-state index contributed by atoms with van der Waals surface area (Å²) in [6.07, 6.45) is 8.37. The van der Waals surface area contributed by atoms with Gasteiger partial charge in [-0.3, -0.25) is 9.58 Å². The molecule has 1 saturated heterocycles. The predicted molar refractivity (Wildman–Crippen MR) is 84.9 cm³/mol. The minimum Gasteiger partial charge on any atom is -0.384 e. The lowest BCUT2D eigenvalue weighted by Crippen LogP contribution is -2.41. The van der Waals surface area contributed by atoms with Crippen LogP contribution in [-0.4, -0.2) is 51.1 Å². The Balaban J connectivity index is 1.60. The van der Waals surface area contributed by atoms with Crippen LogP contribution in [0.15, 0.2) is 16.9 Å². The molecule has 0 saturated carbocycles. The van der Waals surface area contributed by atoms with Crippen LogP contribution < -0.4 is 0 Å². The van der Waals surface area contributed by atoms with Crippen LogP contribution in [0.5, 0.6) is 0 Å². The summed E-state index contributed by atoms with van der Waals surface area (Å²) in [5, 5.41) is 8.44. The Morgan fingerprint density at radius 1 is 1.39 bits per heavy atom. The molecule has 7 heteroatoms. The molecule has 0 aliphatic carbocycles. The van der Waals surface area contributed by atoms with Gasteiger partial charge in [0.25, 0.3) is 0 Å². The van der Waals surface area contributed by atoms with Gasteiger partial charge >= 0.3 is 0 Å². The highest BCUT2D eigenvalue weighted by Gasteiger charge is 2.25. The molecular formula is C16H25N5O2. The molecule has 0 bridgehead atoms. The molecular weight excluding hydrogens is 294 g/mol. The summed E-state index contributed by atoms with van der Waals surface area (Å²) in [7, 11) is 1.68. The highest BCUT2D eigenvalue weighted by atomic mass is 16.5. The number of hydrogen-bond acceptors (Lipinski definition) is 6. The van der Waals surface area contributed by atoms with E-state index >= 15 is 0 Å². The Morgan fingerprint density at radius 3 is 3.09 bits per heavy atom. The van der Waals surface area contributed by atoms with Crippen molar-refractivity contribution in [3.05, 3.63) is 29.7 Å². The average molecular weight is 319 g/mol. The standard InChI is InChI=1S/C16H25N5O2/c1-13-9-17-21(10-13)11-14-5-3-4-7-20(14)12-16-18-15(19-23-16)6-8-22-2/h9-10,14H,3-8,11-12H2,1-2H3. The van der Waals surface area contributed by atoms with Gasteiger partial charge in [0.1, 0.15) is 0 Å². The maximum absolute atomic E-state index is 5.39. The van der Waals surface area contributed by atoms with E-state index in [2.05, 4.69) is 33.3 Å². The van der Waals surface area contributed by atoms with E-state index < -0.39 is 0 Å². The van der Waals surface area contributed by atoms with Gasteiger partial charge in [0.15, 0.2) is 5.82 Å². The SMILES string of the molecule is COCCc1noc(CN2CCCCC2Cn2cc(C)cn2)n1. The van der Waals surface area contributed by atoms with Crippen LogP contribution in [-0.2, 0) is 24.2 Å². The highest BCUT2D eigenvalue weighted by Crippen LogP contribution is 2.20. The second-order valence-corrected chi connectivity index (χ2v) is 6.21. The summed E-state index contributed by atoms with van der Waals surface area (Å²) < 4.78 is 12.5. The van der Waals surface area contributed by atoms with Gasteiger partial charge < -0.3 is 9.26 Å². The van der Waals surface area contributed by atoms with Crippen molar-refractivity contribution in [2.24, 2.45) is 0 Å². The van der Waals surface area contributed by atoms with Gasteiger partial charge in [-0.25, -0.2) is 0 Å². The van der Waals surface area contributed by atoms with E-state index in [1.54, 1.807) is 7.11 Å². The summed E-state index contributed by atoms with van der Waals surface area (Å²) in [6.45, 7) is 5.39. The molecule has 1 atom stereocenters. The minimum absolute atomic E-state index is 0.470. The number of piperidine rings is 1. The Labute approximate surface area is 136 Å². The van der Waals surface area contributed by atoms with Crippen LogP contribution in [0.25, 0.3) is 0 Å². The molecule has 2 aromatic rings. The van der Waals surface area contributed by atoms with Crippen molar-refractivity contribution in [2.45, 2.75) is 51.7 Å². The molecule has 7 nitrogen and oxygen atoms in total. The second kappa shape index (κ2) is 7.70. The zero-order chi connectivity index (χ0) is 16.1. The third-order valence-electron chi connectivity index (χ3n) is 4.29. The number of nitrogens with zero attached hydrogens (tertiary/aromatic N) is 5. The molecule has 0 N–H and O–H groups in total. The second-order valence-electron chi connectivity index (χ2n) is 6.21. The molecule has 0 aromatic carbocycles. The van der Waals surface area contributed by atoms with E-state index in [-0.39, 0.29) is 0 Å². The number of methoxy groups -OCH3 is 1. The predicted octanol–water partition coefficient (Wildman–Crippen LogP) is 1.82. The topological polar surface area (TPSA) is 69.2 Å². The normalized spacial score (nSPS) is 19.3. The number of aromatic nitrogens is 4. The zero-order valence-electron chi connectivity index (χ0n) is 13.9. The van der Waals surface area contributed by atoms with Gasteiger partial charge in [0.05, 0.1) is 25.9 Å². The first-order valence-corrected chi connectivity index (χ1v) is 8.28. The number of ether oxygens (including phenoxy) is 1. The van der Waals surface area contributed by atoms with Crippen LogP contribution in [0.4, 0.5) is 0 Å². The molecule has 126 valence electrons. The lowest BCUT2D eigenvalue weighted by Gasteiger charge is -2.34. The number of likely N-dealkylation sites (tertiary alicyclic amines) is 1. The summed E-state index contributed by atoms with van der Waals surface area (Å²) in [6, 6.07) is 0.470. The first-order chi connectivity index (χ1) is 11.2. The smallest absolute Gasteiger partial charge is 0.240 e. The molecule has 0 radical (unpaired) electrons. The van der Waals surface area contributed by atoms with Crippen LogP contribution in [0.2, 0.25) is 0 Å². The summed E-state index contributed by atoms with van der Waals surface area (Å²) >= 11 is 0. The minimum atomic E-state index is 0.470. The quantitative estimate of drug-likeness (QED) is 0.775. The maximum Gasteiger partial charge on any atom is 0.240 e. The van der Waals surface area contributed by atoms with E-state index in [0.29, 0.717) is 31.5 Å². The molecule has 0 spiro atoms. The summed E-state index contributed by atoms with van der Waals surface area (Å²) in [4.78, 5) is 6.90. The fourth-order valence-electron chi connectivity index (χ4n) is 3.08. The summed E-state index contributed by atoms with van der Waals surface area (Å²) in [5.41, 5.74) is 1.20. The van der Waals surface area contributed by atoms with Gasteiger partial charge in [-0.1, -0.05) is 11.6 Å². The van der Waals surface area contributed by atoms with Crippen molar-refractivity contribution in [2.75, 3.05) is 20.3 Å². The van der Waals surface area contributed by atoms with E-state index in [9.17, 15) is 0 Å². The van der Waals surface area contributed by atoms with Crippen LogP contribution >= 0.6 is 0 Å². The molecule has 1 fully saturated rings. The zero-order valence-corrected chi connectivity index (χ0v) is 13.9. The van der Waals surface area contributed by atoms with E-state index in [1.165, 1.54) is 24.8 Å². The average Bonchev–Trinajstić information content (AvgIpc) is 3.16. The van der Waals surface area contributed by atoms with Crippen molar-refractivity contribution in [3.63, 3.8) is 0 Å². The Kier molecular flexibility index (Phi) is 5.40. The lowest BCUT2D eigenvalue weighted by atomic mass is 10.0. The van der Waals surface area contributed by atoms with Crippen molar-refractivity contribution >= 4 is 0 Å². The van der Waals surface area contributed by atoms with E-state index in [0.717, 1.165) is 18.9 Å². The largest absolute Gasteiger partial charge is 0.384 e. The van der Waals surface area contributed by atoms with Gasteiger partial charge in [-0.2, -0.15) is 10.1 Å². The number of hydrogen-bond donors (Lipinski definition) is 0. The molecule has 3 rings (SSSR count). The molecule has 1 unspecified atom stereocenters. The third kappa shape index (κ3) is 4.39. The van der Waals surface area contributed by atoms with Crippen LogP contribution in [0.1, 0.15) is 36.5 Å². The van der Waals surface area contributed by atoms with Crippen LogP contribution in [0.3, 0.4) is 0 Å². The molecule has 2 aromatic heterocycles. The van der Waals surface area contributed by atoms with E-state index in [1.807, 2.05) is 10.9 Å². The Morgan fingerprint density at radius 2 is 2.30 bits per heavy atom. The Bertz CT molecular complexity index is 609. The first-order valence-electron chi connectivity index (χ1n) is 8.28. The molecule has 1 aliphatic heterocycles. The number of rotatable bonds is 7. The fraction of sp³-hybridized carbons (Fsp3) is 0.688. The Hall–Kier alpha value is -1.73. The lowest BCUT2D eigenvalue weighted by molar-refractivity contribution is 0.108. The van der Waals surface area contributed by atoms with Gasteiger partial charge in [-0.15, -0.1) is 0 Å². The third-order valence-corrected chi connectivity index (χ3v) is 4.29. The van der Waals surface area contributed by atoms with Gasteiger partial charge in [0, 0.05) is 25.8 Å². The van der Waals surface area contributed by atoms with Crippen molar-refractivity contribution in [3.8, 4) is 0 Å². The molecule has 23 heavy (non-hydrogen) atoms. The molecule has 3 heterocycles. The van der Waals surface area contributed by atoms with Crippen molar-refractivity contribution in [1.82, 2.24) is 24.8 Å².